The summed E-state index contributed by atoms with van der Waals surface area (Å²) in [5.74, 6) is 0.610. The number of ether oxygens (including phenoxy) is 1. The molecule has 0 atom stereocenters. The maximum Gasteiger partial charge on any atom is 0.243 e. The average molecular weight is 305 g/mol. The fourth-order valence-electron chi connectivity index (χ4n) is 1.80. The second kappa shape index (κ2) is 7.55. The molecule has 0 aliphatic heterocycles. The Morgan fingerprint density at radius 3 is 2.76 bits per heavy atom. The number of carbonyl (C=O) groups is 1. The van der Waals surface area contributed by atoms with E-state index in [0.29, 0.717) is 17.3 Å². The minimum atomic E-state index is -0.162. The van der Waals surface area contributed by atoms with Gasteiger partial charge in [-0.3, -0.25) is 4.79 Å². The van der Waals surface area contributed by atoms with Gasteiger partial charge in [0.25, 0.3) is 0 Å². The summed E-state index contributed by atoms with van der Waals surface area (Å²) in [5, 5.41) is 6.32. The number of benzene rings is 2. The molecular formula is C16H17ClN2O2. The highest BCUT2D eigenvalue weighted by Gasteiger charge is 2.05. The van der Waals surface area contributed by atoms with E-state index in [0.717, 1.165) is 11.4 Å². The van der Waals surface area contributed by atoms with E-state index in [-0.39, 0.29) is 12.5 Å². The number of amides is 1. The second-order valence-electron chi connectivity index (χ2n) is 4.34. The molecule has 0 aliphatic carbocycles. The van der Waals surface area contributed by atoms with Crippen LogP contribution in [0.4, 0.5) is 11.4 Å². The van der Waals surface area contributed by atoms with E-state index in [1.807, 2.05) is 43.3 Å². The van der Waals surface area contributed by atoms with Gasteiger partial charge in [0.05, 0.1) is 23.9 Å². The highest BCUT2D eigenvalue weighted by Crippen LogP contribution is 2.20. The number of halogens is 1. The van der Waals surface area contributed by atoms with Crippen LogP contribution in [0.5, 0.6) is 5.75 Å². The maximum absolute atomic E-state index is 11.9. The van der Waals surface area contributed by atoms with E-state index >= 15 is 0 Å². The van der Waals surface area contributed by atoms with Crippen LogP contribution in [-0.4, -0.2) is 19.1 Å². The van der Waals surface area contributed by atoms with Crippen molar-refractivity contribution in [2.45, 2.75) is 6.92 Å². The Morgan fingerprint density at radius 1 is 1.19 bits per heavy atom. The highest BCUT2D eigenvalue weighted by molar-refractivity contribution is 6.33. The molecule has 2 N–H and O–H groups in total. The summed E-state index contributed by atoms with van der Waals surface area (Å²) in [7, 11) is 0. The smallest absolute Gasteiger partial charge is 0.243 e. The first kappa shape index (κ1) is 15.2. The SMILES string of the molecule is CCOc1cccc(NCC(=O)Nc2ccccc2Cl)c1. The largest absolute Gasteiger partial charge is 0.494 e. The van der Waals surface area contributed by atoms with Crippen molar-refractivity contribution < 1.29 is 9.53 Å². The van der Waals surface area contributed by atoms with Crippen molar-refractivity contribution in [2.75, 3.05) is 23.8 Å². The Morgan fingerprint density at radius 2 is 2.00 bits per heavy atom. The van der Waals surface area contributed by atoms with Crippen LogP contribution < -0.4 is 15.4 Å². The summed E-state index contributed by atoms with van der Waals surface area (Å²) >= 11 is 5.99. The zero-order valence-corrected chi connectivity index (χ0v) is 12.5. The molecule has 2 rings (SSSR count). The van der Waals surface area contributed by atoms with Crippen LogP contribution in [0.3, 0.4) is 0 Å². The number of anilines is 2. The first-order chi connectivity index (χ1) is 10.2. The predicted molar refractivity (Wildman–Crippen MR) is 86.2 cm³/mol. The Hall–Kier alpha value is -2.20. The van der Waals surface area contributed by atoms with Gasteiger partial charge in [-0.2, -0.15) is 0 Å². The first-order valence-electron chi connectivity index (χ1n) is 6.70. The Labute approximate surface area is 129 Å². The van der Waals surface area contributed by atoms with E-state index in [2.05, 4.69) is 10.6 Å². The van der Waals surface area contributed by atoms with Crippen LogP contribution in [0, 0.1) is 0 Å². The van der Waals surface area contributed by atoms with Crippen LogP contribution >= 0.6 is 11.6 Å². The van der Waals surface area contributed by atoms with Crippen molar-refractivity contribution >= 4 is 28.9 Å². The predicted octanol–water partition coefficient (Wildman–Crippen LogP) is 3.79. The fraction of sp³-hybridized carbons (Fsp3) is 0.188. The molecule has 2 aromatic carbocycles. The first-order valence-corrected chi connectivity index (χ1v) is 7.08. The molecule has 0 saturated carbocycles. The van der Waals surface area contributed by atoms with Gasteiger partial charge in [-0.15, -0.1) is 0 Å². The second-order valence-corrected chi connectivity index (χ2v) is 4.75. The molecule has 0 aromatic heterocycles. The average Bonchev–Trinajstić information content (AvgIpc) is 2.48. The van der Waals surface area contributed by atoms with E-state index in [1.165, 1.54) is 0 Å². The van der Waals surface area contributed by atoms with Crippen LogP contribution in [-0.2, 0) is 4.79 Å². The lowest BCUT2D eigenvalue weighted by Crippen LogP contribution is -2.21. The van der Waals surface area contributed by atoms with Gasteiger partial charge in [0.1, 0.15) is 5.75 Å². The Kier molecular flexibility index (Phi) is 5.46. The monoisotopic (exact) mass is 304 g/mol. The molecule has 0 saturated heterocycles. The third kappa shape index (κ3) is 4.68. The van der Waals surface area contributed by atoms with Gasteiger partial charge in [-0.1, -0.05) is 29.8 Å². The van der Waals surface area contributed by atoms with Crippen molar-refractivity contribution in [1.82, 2.24) is 0 Å². The summed E-state index contributed by atoms with van der Waals surface area (Å²) in [6.45, 7) is 2.69. The van der Waals surface area contributed by atoms with E-state index in [9.17, 15) is 4.79 Å². The van der Waals surface area contributed by atoms with E-state index < -0.39 is 0 Å². The molecular weight excluding hydrogens is 288 g/mol. The van der Waals surface area contributed by atoms with Crippen LogP contribution in [0.25, 0.3) is 0 Å². The quantitative estimate of drug-likeness (QED) is 0.853. The normalized spacial score (nSPS) is 10.0. The lowest BCUT2D eigenvalue weighted by molar-refractivity contribution is -0.114. The number of rotatable bonds is 6. The fourth-order valence-corrected chi connectivity index (χ4v) is 1.98. The topological polar surface area (TPSA) is 50.4 Å². The van der Waals surface area contributed by atoms with Gasteiger partial charge in [-0.25, -0.2) is 0 Å². The Balaban J connectivity index is 1.89. The zero-order chi connectivity index (χ0) is 15.1. The van der Waals surface area contributed by atoms with Gasteiger partial charge in [0.15, 0.2) is 0 Å². The summed E-state index contributed by atoms with van der Waals surface area (Å²) in [4.78, 5) is 11.9. The number of carbonyl (C=O) groups excluding carboxylic acids is 1. The minimum absolute atomic E-state index is 0.154. The molecule has 21 heavy (non-hydrogen) atoms. The molecule has 5 heteroatoms. The zero-order valence-electron chi connectivity index (χ0n) is 11.7. The number of nitrogens with one attached hydrogen (secondary N) is 2. The van der Waals surface area contributed by atoms with Crippen LogP contribution in [0.2, 0.25) is 5.02 Å². The van der Waals surface area contributed by atoms with Crippen molar-refractivity contribution in [1.29, 1.82) is 0 Å². The minimum Gasteiger partial charge on any atom is -0.494 e. The molecule has 0 bridgehead atoms. The molecule has 0 heterocycles. The Bertz CT molecular complexity index is 617. The standard InChI is InChI=1S/C16H17ClN2O2/c1-2-21-13-7-5-6-12(10-13)18-11-16(20)19-15-9-4-3-8-14(15)17/h3-10,18H,2,11H2,1H3,(H,19,20). The molecule has 110 valence electrons. The highest BCUT2D eigenvalue weighted by atomic mass is 35.5. The van der Waals surface area contributed by atoms with Crippen molar-refractivity contribution in [3.05, 3.63) is 53.6 Å². The molecule has 4 nitrogen and oxygen atoms in total. The van der Waals surface area contributed by atoms with Crippen molar-refractivity contribution in [3.8, 4) is 5.75 Å². The van der Waals surface area contributed by atoms with Gasteiger partial charge in [0, 0.05) is 11.8 Å². The summed E-state index contributed by atoms with van der Waals surface area (Å²) in [6.07, 6.45) is 0. The van der Waals surface area contributed by atoms with Crippen LogP contribution in [0.15, 0.2) is 48.5 Å². The summed E-state index contributed by atoms with van der Waals surface area (Å²) < 4.78 is 5.41. The molecule has 0 fully saturated rings. The molecule has 0 radical (unpaired) electrons. The van der Waals surface area contributed by atoms with E-state index in [1.54, 1.807) is 12.1 Å². The van der Waals surface area contributed by atoms with Crippen molar-refractivity contribution in [2.24, 2.45) is 0 Å². The maximum atomic E-state index is 11.9. The molecule has 1 amide bonds. The molecule has 2 aromatic rings. The van der Waals surface area contributed by atoms with Crippen molar-refractivity contribution in [3.63, 3.8) is 0 Å². The summed E-state index contributed by atoms with van der Waals surface area (Å²) in [6, 6.07) is 14.6. The number of hydrogen-bond donors (Lipinski definition) is 2. The lowest BCUT2D eigenvalue weighted by Gasteiger charge is -2.10. The van der Waals surface area contributed by atoms with Gasteiger partial charge < -0.3 is 15.4 Å². The van der Waals surface area contributed by atoms with Gasteiger partial charge >= 0.3 is 0 Å². The third-order valence-electron chi connectivity index (χ3n) is 2.75. The molecule has 0 unspecified atom stereocenters. The van der Waals surface area contributed by atoms with Gasteiger partial charge in [0.2, 0.25) is 5.91 Å². The molecule has 0 spiro atoms. The lowest BCUT2D eigenvalue weighted by atomic mass is 10.3. The summed E-state index contributed by atoms with van der Waals surface area (Å²) in [5.41, 5.74) is 1.43. The van der Waals surface area contributed by atoms with Crippen LogP contribution in [0.1, 0.15) is 6.92 Å². The van der Waals surface area contributed by atoms with Gasteiger partial charge in [-0.05, 0) is 31.2 Å². The van der Waals surface area contributed by atoms with E-state index in [4.69, 9.17) is 16.3 Å². The number of hydrogen-bond acceptors (Lipinski definition) is 3. The number of para-hydroxylation sites is 1. The molecule has 0 aliphatic rings. The third-order valence-corrected chi connectivity index (χ3v) is 3.08.